The zero-order valence-electron chi connectivity index (χ0n) is 20.9. The summed E-state index contributed by atoms with van der Waals surface area (Å²) in [6.45, 7) is 13.0. The van der Waals surface area contributed by atoms with E-state index in [-0.39, 0.29) is 35.3 Å². The molecule has 3 aliphatic rings. The SMILES string of the molecule is C=CC(=C)N1CC(Nc2nc(Nc3ccc(N4CCOCC4)c(F)c3)c3c(c2F)CNC3=O)CCC1C. The van der Waals surface area contributed by atoms with Gasteiger partial charge in [-0.25, -0.2) is 13.8 Å². The second kappa shape index (κ2) is 10.4. The number of likely N-dealkylation sites (tertiary alicyclic amines) is 1. The van der Waals surface area contributed by atoms with Crippen molar-refractivity contribution >= 4 is 28.9 Å². The van der Waals surface area contributed by atoms with Crippen molar-refractivity contribution < 1.29 is 18.3 Å². The Labute approximate surface area is 215 Å². The maximum absolute atomic E-state index is 15.5. The quantitative estimate of drug-likeness (QED) is 0.483. The van der Waals surface area contributed by atoms with Crippen molar-refractivity contribution in [2.75, 3.05) is 48.4 Å². The molecule has 3 aliphatic heterocycles. The van der Waals surface area contributed by atoms with E-state index in [4.69, 9.17) is 4.74 Å². The summed E-state index contributed by atoms with van der Waals surface area (Å²) in [4.78, 5) is 21.1. The van der Waals surface area contributed by atoms with Gasteiger partial charge in [0.25, 0.3) is 5.91 Å². The Hall–Kier alpha value is -3.66. The maximum atomic E-state index is 15.5. The molecule has 2 fully saturated rings. The predicted molar refractivity (Wildman–Crippen MR) is 140 cm³/mol. The van der Waals surface area contributed by atoms with Crippen LogP contribution in [0.3, 0.4) is 0 Å². The lowest BCUT2D eigenvalue weighted by atomic mass is 9.98. The van der Waals surface area contributed by atoms with Crippen molar-refractivity contribution in [3.63, 3.8) is 0 Å². The van der Waals surface area contributed by atoms with Crippen LogP contribution in [0.1, 0.15) is 35.7 Å². The number of aromatic nitrogens is 1. The van der Waals surface area contributed by atoms with Gasteiger partial charge in [-0.1, -0.05) is 13.2 Å². The Morgan fingerprint density at radius 1 is 1.24 bits per heavy atom. The zero-order chi connectivity index (χ0) is 26.1. The molecule has 2 atom stereocenters. The van der Waals surface area contributed by atoms with E-state index in [2.05, 4.69) is 45.9 Å². The number of nitrogens with zero attached hydrogens (tertiary/aromatic N) is 3. The molecule has 2 saturated heterocycles. The number of halogens is 2. The number of hydrogen-bond acceptors (Lipinski definition) is 7. The van der Waals surface area contributed by atoms with Gasteiger partial charge in [-0.3, -0.25) is 4.79 Å². The summed E-state index contributed by atoms with van der Waals surface area (Å²) in [5.41, 5.74) is 2.11. The van der Waals surface area contributed by atoms with Crippen LogP contribution in [0, 0.1) is 11.6 Å². The molecule has 0 saturated carbocycles. The number of carbonyl (C=O) groups excluding carboxylic acids is 1. The van der Waals surface area contributed by atoms with E-state index in [1.807, 2.05) is 4.90 Å². The Bertz CT molecular complexity index is 1230. The van der Waals surface area contributed by atoms with Gasteiger partial charge in [0.05, 0.1) is 24.5 Å². The molecule has 2 aromatic rings. The second-order valence-electron chi connectivity index (χ2n) is 9.67. The van der Waals surface area contributed by atoms with Crippen molar-refractivity contribution in [1.82, 2.24) is 15.2 Å². The van der Waals surface area contributed by atoms with E-state index in [9.17, 15) is 9.18 Å². The highest BCUT2D eigenvalue weighted by molar-refractivity contribution is 6.03. The molecule has 10 heteroatoms. The molecule has 0 spiro atoms. The fraction of sp³-hybridized carbons (Fsp3) is 0.407. The van der Waals surface area contributed by atoms with Gasteiger partial charge < -0.3 is 30.5 Å². The first-order chi connectivity index (χ1) is 17.9. The molecule has 8 nitrogen and oxygen atoms in total. The number of pyridine rings is 1. The molecule has 5 rings (SSSR count). The van der Waals surface area contributed by atoms with Gasteiger partial charge in [0.2, 0.25) is 0 Å². The predicted octanol–water partition coefficient (Wildman–Crippen LogP) is 4.15. The Morgan fingerprint density at radius 3 is 2.76 bits per heavy atom. The lowest BCUT2D eigenvalue weighted by molar-refractivity contribution is 0.0966. The van der Waals surface area contributed by atoms with Gasteiger partial charge in [0, 0.05) is 55.2 Å². The van der Waals surface area contributed by atoms with Gasteiger partial charge in [0.1, 0.15) is 11.6 Å². The van der Waals surface area contributed by atoms with Crippen LogP contribution in [0.25, 0.3) is 0 Å². The minimum atomic E-state index is -0.555. The number of amides is 1. The molecule has 3 N–H and O–H groups in total. The Morgan fingerprint density at radius 2 is 2.03 bits per heavy atom. The van der Waals surface area contributed by atoms with Crippen LogP contribution in [-0.2, 0) is 11.3 Å². The van der Waals surface area contributed by atoms with Crippen LogP contribution in [0.4, 0.5) is 31.8 Å². The van der Waals surface area contributed by atoms with Crippen LogP contribution < -0.4 is 20.9 Å². The van der Waals surface area contributed by atoms with Crippen LogP contribution >= 0.6 is 0 Å². The molecule has 2 unspecified atom stereocenters. The van der Waals surface area contributed by atoms with Crippen LogP contribution in [0.5, 0.6) is 0 Å². The molecule has 1 aromatic heterocycles. The average molecular weight is 511 g/mol. The number of piperidine rings is 1. The number of anilines is 4. The van der Waals surface area contributed by atoms with Gasteiger partial charge in [-0.2, -0.15) is 0 Å². The number of benzene rings is 1. The normalized spacial score (nSPS) is 21.3. The number of ether oxygens (including phenoxy) is 1. The van der Waals surface area contributed by atoms with Crippen molar-refractivity contribution in [2.45, 2.75) is 38.4 Å². The van der Waals surface area contributed by atoms with Gasteiger partial charge in [-0.15, -0.1) is 0 Å². The first-order valence-corrected chi connectivity index (χ1v) is 12.6. The smallest absolute Gasteiger partial charge is 0.255 e. The third-order valence-corrected chi connectivity index (χ3v) is 7.28. The van der Waals surface area contributed by atoms with Crippen LogP contribution in [0.2, 0.25) is 0 Å². The molecular formula is C27H32F2N6O2. The van der Waals surface area contributed by atoms with Crippen molar-refractivity contribution in [3.05, 3.63) is 65.9 Å². The van der Waals surface area contributed by atoms with E-state index in [0.29, 0.717) is 50.3 Å². The molecule has 0 radical (unpaired) electrons. The van der Waals surface area contributed by atoms with Crippen molar-refractivity contribution in [1.29, 1.82) is 0 Å². The Balaban J connectivity index is 1.41. The third kappa shape index (κ3) is 4.98. The highest BCUT2D eigenvalue weighted by Crippen LogP contribution is 2.34. The number of fused-ring (bicyclic) bond motifs is 1. The summed E-state index contributed by atoms with van der Waals surface area (Å²) < 4.78 is 35.8. The maximum Gasteiger partial charge on any atom is 0.255 e. The van der Waals surface area contributed by atoms with E-state index in [0.717, 1.165) is 18.5 Å². The number of nitrogens with one attached hydrogen (secondary N) is 3. The highest BCUT2D eigenvalue weighted by Gasteiger charge is 2.32. The van der Waals surface area contributed by atoms with Crippen molar-refractivity contribution in [3.8, 4) is 0 Å². The molecule has 1 aromatic carbocycles. The largest absolute Gasteiger partial charge is 0.378 e. The number of allylic oxidation sites excluding steroid dienone is 1. The van der Waals surface area contributed by atoms with Crippen molar-refractivity contribution in [2.24, 2.45) is 0 Å². The molecule has 0 aliphatic carbocycles. The third-order valence-electron chi connectivity index (χ3n) is 7.28. The summed E-state index contributed by atoms with van der Waals surface area (Å²) in [5, 5.41) is 8.96. The van der Waals surface area contributed by atoms with E-state index >= 15 is 4.39 Å². The summed E-state index contributed by atoms with van der Waals surface area (Å²) in [6, 6.07) is 5.01. The van der Waals surface area contributed by atoms with Gasteiger partial charge in [0.15, 0.2) is 11.6 Å². The number of hydrogen-bond donors (Lipinski definition) is 3. The molecule has 4 heterocycles. The van der Waals surface area contributed by atoms with E-state index in [1.165, 1.54) is 6.07 Å². The monoisotopic (exact) mass is 510 g/mol. The molecule has 196 valence electrons. The summed E-state index contributed by atoms with van der Waals surface area (Å²) in [5.74, 6) is -1.12. The van der Waals surface area contributed by atoms with Gasteiger partial charge >= 0.3 is 0 Å². The lowest BCUT2D eigenvalue weighted by Crippen LogP contribution is -2.46. The molecule has 37 heavy (non-hydrogen) atoms. The fourth-order valence-corrected chi connectivity index (χ4v) is 5.18. The van der Waals surface area contributed by atoms with E-state index < -0.39 is 17.5 Å². The topological polar surface area (TPSA) is 81.8 Å². The lowest BCUT2D eigenvalue weighted by Gasteiger charge is -2.40. The average Bonchev–Trinajstić information content (AvgIpc) is 3.30. The minimum absolute atomic E-state index is 0.0619. The fourth-order valence-electron chi connectivity index (χ4n) is 5.18. The zero-order valence-corrected chi connectivity index (χ0v) is 20.9. The molecule has 1 amide bonds. The first-order valence-electron chi connectivity index (χ1n) is 12.6. The molecule has 0 bridgehead atoms. The van der Waals surface area contributed by atoms with E-state index in [1.54, 1.807) is 18.2 Å². The van der Waals surface area contributed by atoms with Crippen LogP contribution in [-0.4, -0.2) is 60.7 Å². The summed E-state index contributed by atoms with van der Waals surface area (Å²) in [7, 11) is 0. The summed E-state index contributed by atoms with van der Waals surface area (Å²) in [6.07, 6.45) is 3.45. The second-order valence-corrected chi connectivity index (χ2v) is 9.67. The molecular weight excluding hydrogens is 478 g/mol. The number of rotatable bonds is 7. The highest BCUT2D eigenvalue weighted by atomic mass is 19.1. The minimum Gasteiger partial charge on any atom is -0.378 e. The first kappa shape index (κ1) is 25.0. The standard InChI is InChI=1S/C27H32F2N6O2/c1-4-16(2)35-15-19(6-5-17(35)3)32-26-24(29)20-14-30-27(36)23(20)25(33-26)31-18-7-8-22(21(28)13-18)34-9-11-37-12-10-34/h4,7-8,13,17,19H,1-2,5-6,9-12,14-15H2,3H3,(H,30,36)(H2,31,32,33). The number of carbonyl (C=O) groups is 1. The van der Waals surface area contributed by atoms with Crippen LogP contribution in [0.15, 0.2) is 43.1 Å². The van der Waals surface area contributed by atoms with Gasteiger partial charge in [-0.05, 0) is 44.0 Å². The summed E-state index contributed by atoms with van der Waals surface area (Å²) >= 11 is 0. The Kier molecular flexibility index (Phi) is 7.01. The number of morpholine rings is 1.